The predicted octanol–water partition coefficient (Wildman–Crippen LogP) is 5.70. The molecule has 2 nitrogen and oxygen atoms in total. The minimum atomic E-state index is -4.94. The number of aryl methyl sites for hydroxylation is 1. The lowest BCUT2D eigenvalue weighted by atomic mass is 9.72. The molecule has 1 unspecified atom stereocenters. The third-order valence-electron chi connectivity index (χ3n) is 4.55. The Hall–Kier alpha value is -1.79. The first-order chi connectivity index (χ1) is 12.2. The summed E-state index contributed by atoms with van der Waals surface area (Å²) in [4.78, 5) is 0. The van der Waals surface area contributed by atoms with E-state index in [4.69, 9.17) is 11.6 Å². The summed E-state index contributed by atoms with van der Waals surface area (Å²) in [6.07, 6.45) is -6.42. The molecule has 148 valence electrons. The molecule has 2 rings (SSSR count). The SMILES string of the molecule is Cc1cc(Cl)cc(CC(O)(CC(C)(C)c2cc(F)ccc2O)C(F)(F)F)c1. The Morgan fingerprint density at radius 2 is 1.67 bits per heavy atom. The van der Waals surface area contributed by atoms with E-state index in [0.717, 1.165) is 18.2 Å². The van der Waals surface area contributed by atoms with Crippen LogP contribution in [0.15, 0.2) is 36.4 Å². The first kappa shape index (κ1) is 21.5. The fourth-order valence-corrected chi connectivity index (χ4v) is 3.70. The number of benzene rings is 2. The monoisotopic (exact) mass is 404 g/mol. The quantitative estimate of drug-likeness (QED) is 0.628. The Labute approximate surface area is 160 Å². The molecule has 2 aromatic carbocycles. The van der Waals surface area contributed by atoms with E-state index in [1.165, 1.54) is 26.0 Å². The highest BCUT2D eigenvalue weighted by Gasteiger charge is 2.56. The molecule has 2 N–H and O–H groups in total. The van der Waals surface area contributed by atoms with Crippen molar-refractivity contribution in [3.63, 3.8) is 0 Å². The van der Waals surface area contributed by atoms with Gasteiger partial charge in [-0.2, -0.15) is 13.2 Å². The maximum atomic E-state index is 13.8. The molecule has 0 bridgehead atoms. The Balaban J connectivity index is 2.45. The summed E-state index contributed by atoms with van der Waals surface area (Å²) in [5.74, 6) is -1.01. The van der Waals surface area contributed by atoms with Gasteiger partial charge in [-0.3, -0.25) is 0 Å². The second-order valence-electron chi connectivity index (χ2n) is 7.57. The minimum Gasteiger partial charge on any atom is -0.508 e. The molecule has 0 aromatic heterocycles. The Bertz CT molecular complexity index is 813. The predicted molar refractivity (Wildman–Crippen MR) is 96.6 cm³/mol. The van der Waals surface area contributed by atoms with E-state index in [1.54, 1.807) is 13.0 Å². The third kappa shape index (κ3) is 4.93. The second kappa shape index (κ2) is 7.32. The van der Waals surface area contributed by atoms with Crippen molar-refractivity contribution in [1.82, 2.24) is 0 Å². The fourth-order valence-electron chi connectivity index (χ4n) is 3.39. The highest BCUT2D eigenvalue weighted by atomic mass is 35.5. The molecule has 0 spiro atoms. The third-order valence-corrected chi connectivity index (χ3v) is 4.77. The van der Waals surface area contributed by atoms with Gasteiger partial charge in [0, 0.05) is 17.0 Å². The van der Waals surface area contributed by atoms with Gasteiger partial charge in [-0.15, -0.1) is 0 Å². The molecule has 0 amide bonds. The molecule has 0 radical (unpaired) electrons. The van der Waals surface area contributed by atoms with Crippen molar-refractivity contribution in [2.75, 3.05) is 0 Å². The average Bonchev–Trinajstić information content (AvgIpc) is 2.46. The summed E-state index contributed by atoms with van der Waals surface area (Å²) >= 11 is 5.92. The molecule has 1 atom stereocenters. The molecule has 0 heterocycles. The number of hydrogen-bond acceptors (Lipinski definition) is 2. The summed E-state index contributed by atoms with van der Waals surface area (Å²) in [6, 6.07) is 7.58. The summed E-state index contributed by atoms with van der Waals surface area (Å²) in [5, 5.41) is 20.9. The number of phenolic OH excluding ortho intramolecular Hbond substituents is 1. The van der Waals surface area contributed by atoms with Crippen LogP contribution in [0.25, 0.3) is 0 Å². The van der Waals surface area contributed by atoms with Crippen LogP contribution in [0.4, 0.5) is 17.6 Å². The van der Waals surface area contributed by atoms with Gasteiger partial charge in [-0.25, -0.2) is 4.39 Å². The highest BCUT2D eigenvalue weighted by Crippen LogP contribution is 2.45. The molecule has 0 saturated heterocycles. The molecule has 0 saturated carbocycles. The Kier molecular flexibility index (Phi) is 5.83. The lowest BCUT2D eigenvalue weighted by Gasteiger charge is -2.38. The summed E-state index contributed by atoms with van der Waals surface area (Å²) < 4.78 is 55.0. The maximum absolute atomic E-state index is 13.8. The lowest BCUT2D eigenvalue weighted by molar-refractivity contribution is -0.266. The van der Waals surface area contributed by atoms with E-state index in [-0.39, 0.29) is 21.9 Å². The number of alkyl halides is 3. The van der Waals surface area contributed by atoms with E-state index in [2.05, 4.69) is 0 Å². The summed E-state index contributed by atoms with van der Waals surface area (Å²) in [5.41, 5.74) is -3.55. The van der Waals surface area contributed by atoms with Crippen LogP contribution in [0.5, 0.6) is 5.75 Å². The van der Waals surface area contributed by atoms with E-state index >= 15 is 0 Å². The summed E-state index contributed by atoms with van der Waals surface area (Å²) in [6.45, 7) is 4.53. The largest absolute Gasteiger partial charge is 0.508 e. The molecule has 2 aromatic rings. The van der Waals surface area contributed by atoms with Crippen molar-refractivity contribution in [3.05, 3.63) is 63.9 Å². The average molecular weight is 405 g/mol. The van der Waals surface area contributed by atoms with Crippen molar-refractivity contribution in [2.45, 2.75) is 50.8 Å². The first-order valence-electron chi connectivity index (χ1n) is 8.28. The number of halogens is 5. The highest BCUT2D eigenvalue weighted by molar-refractivity contribution is 6.30. The van der Waals surface area contributed by atoms with Crippen molar-refractivity contribution < 1.29 is 27.8 Å². The number of rotatable bonds is 5. The van der Waals surface area contributed by atoms with Crippen LogP contribution in [0.2, 0.25) is 5.02 Å². The number of aliphatic hydroxyl groups is 1. The maximum Gasteiger partial charge on any atom is 0.417 e. The van der Waals surface area contributed by atoms with Crippen molar-refractivity contribution in [1.29, 1.82) is 0 Å². The number of hydrogen-bond donors (Lipinski definition) is 2. The number of phenols is 1. The molecule has 0 aliphatic carbocycles. The zero-order chi connectivity index (χ0) is 20.6. The molecular weight excluding hydrogens is 384 g/mol. The molecule has 27 heavy (non-hydrogen) atoms. The first-order valence-corrected chi connectivity index (χ1v) is 8.65. The van der Waals surface area contributed by atoms with Gasteiger partial charge in [0.05, 0.1) is 0 Å². The topological polar surface area (TPSA) is 40.5 Å². The van der Waals surface area contributed by atoms with Gasteiger partial charge < -0.3 is 10.2 Å². The Morgan fingerprint density at radius 1 is 1.04 bits per heavy atom. The lowest BCUT2D eigenvalue weighted by Crippen LogP contribution is -2.50. The van der Waals surface area contributed by atoms with Crippen molar-refractivity contribution >= 4 is 11.6 Å². The molecule has 0 fully saturated rings. The van der Waals surface area contributed by atoms with Crippen LogP contribution < -0.4 is 0 Å². The van der Waals surface area contributed by atoms with E-state index in [1.807, 2.05) is 0 Å². The Morgan fingerprint density at radius 3 is 2.22 bits per heavy atom. The van der Waals surface area contributed by atoms with Crippen LogP contribution in [0.3, 0.4) is 0 Å². The zero-order valence-electron chi connectivity index (χ0n) is 15.2. The minimum absolute atomic E-state index is 0.00699. The van der Waals surface area contributed by atoms with Crippen LogP contribution in [-0.4, -0.2) is 22.0 Å². The molecule has 0 aliphatic heterocycles. The normalized spacial score (nSPS) is 14.9. The second-order valence-corrected chi connectivity index (χ2v) is 8.00. The zero-order valence-corrected chi connectivity index (χ0v) is 15.9. The van der Waals surface area contributed by atoms with Crippen LogP contribution in [0, 0.1) is 12.7 Å². The van der Waals surface area contributed by atoms with Gasteiger partial charge in [0.1, 0.15) is 11.6 Å². The molecular formula is C20H21ClF4O2. The summed E-state index contributed by atoms with van der Waals surface area (Å²) in [7, 11) is 0. The smallest absolute Gasteiger partial charge is 0.417 e. The van der Waals surface area contributed by atoms with Crippen molar-refractivity contribution in [3.8, 4) is 5.75 Å². The van der Waals surface area contributed by atoms with E-state index in [9.17, 15) is 27.8 Å². The molecule has 7 heteroatoms. The van der Waals surface area contributed by atoms with Crippen LogP contribution >= 0.6 is 11.6 Å². The standard InChI is InChI=1S/C20H21ClF4O2/c1-12-6-13(8-14(21)7-12)10-19(27,20(23,24)25)11-18(2,3)16-9-15(22)4-5-17(16)26/h4-9,26-27H,10-11H2,1-3H3. The van der Waals surface area contributed by atoms with E-state index in [0.29, 0.717) is 5.56 Å². The van der Waals surface area contributed by atoms with Gasteiger partial charge in [0.25, 0.3) is 0 Å². The van der Waals surface area contributed by atoms with Gasteiger partial charge in [0.15, 0.2) is 5.60 Å². The van der Waals surface area contributed by atoms with Crippen LogP contribution in [-0.2, 0) is 11.8 Å². The molecule has 0 aliphatic rings. The van der Waals surface area contributed by atoms with E-state index < -0.39 is 35.9 Å². The number of aromatic hydroxyl groups is 1. The van der Waals surface area contributed by atoms with Gasteiger partial charge in [-0.05, 0) is 60.2 Å². The van der Waals surface area contributed by atoms with Gasteiger partial charge >= 0.3 is 6.18 Å². The van der Waals surface area contributed by atoms with Crippen LogP contribution in [0.1, 0.15) is 37.0 Å². The fraction of sp³-hybridized carbons (Fsp3) is 0.400. The van der Waals surface area contributed by atoms with Crippen molar-refractivity contribution in [2.24, 2.45) is 0 Å². The van der Waals surface area contributed by atoms with Gasteiger partial charge in [0.2, 0.25) is 0 Å². The van der Waals surface area contributed by atoms with Gasteiger partial charge in [-0.1, -0.05) is 31.5 Å².